The number of benzene rings is 1. The number of rotatable bonds is 5. The molecule has 172 valence electrons. The number of hydrogen-bond donors (Lipinski definition) is 0. The quantitative estimate of drug-likeness (QED) is 0.553. The number of para-hydroxylation sites is 1. The second-order valence-corrected chi connectivity index (χ2v) is 11.0. The van der Waals surface area contributed by atoms with Crippen molar-refractivity contribution < 1.29 is 4.52 Å². The molecule has 2 aliphatic heterocycles. The Morgan fingerprint density at radius 3 is 2.44 bits per heavy atom. The largest absolute Gasteiger partial charge is 0.356 e. The standard InChI is InChI=1S/C28H39N3O/c1-2-8-23(18-31-19-24-9-3-4-10-25(24)20-31)22(7-1)17-30-15-13-21(14-16-30)28-26-11-5-6-12-27(26)32-29-28/h5-6,9,11-12,21-23,25H,1-4,7-8,10,13-20H2. The number of nitrogens with zero attached hydrogens (tertiary/aromatic N) is 3. The normalized spacial score (nSPS) is 30.5. The summed E-state index contributed by atoms with van der Waals surface area (Å²) in [7, 11) is 0. The summed E-state index contributed by atoms with van der Waals surface area (Å²) in [5.74, 6) is 3.24. The van der Waals surface area contributed by atoms with Crippen LogP contribution in [0.4, 0.5) is 0 Å². The van der Waals surface area contributed by atoms with Crippen molar-refractivity contribution in [1.29, 1.82) is 0 Å². The smallest absolute Gasteiger partial charge is 0.167 e. The van der Waals surface area contributed by atoms with E-state index in [4.69, 9.17) is 4.52 Å². The van der Waals surface area contributed by atoms with E-state index in [9.17, 15) is 0 Å². The number of allylic oxidation sites excluding steroid dienone is 1. The first-order valence-corrected chi connectivity index (χ1v) is 13.3. The van der Waals surface area contributed by atoms with Crippen LogP contribution < -0.4 is 0 Å². The maximum Gasteiger partial charge on any atom is 0.167 e. The molecule has 4 aliphatic rings. The van der Waals surface area contributed by atoms with E-state index >= 15 is 0 Å². The average molecular weight is 434 g/mol. The monoisotopic (exact) mass is 433 g/mol. The van der Waals surface area contributed by atoms with Crippen molar-refractivity contribution in [3.8, 4) is 0 Å². The Kier molecular flexibility index (Phi) is 6.08. The van der Waals surface area contributed by atoms with Gasteiger partial charge in [0.2, 0.25) is 0 Å². The number of hydrogen-bond acceptors (Lipinski definition) is 4. The lowest BCUT2D eigenvalue weighted by atomic mass is 9.78. The third-order valence-electron chi connectivity index (χ3n) is 9.00. The van der Waals surface area contributed by atoms with Crippen molar-refractivity contribution in [3.63, 3.8) is 0 Å². The SMILES string of the molecule is C1=C2CN(CC3CCCCC3CN3CCC(c4noc5ccccc45)CC3)CC2CCC1. The Labute approximate surface area is 193 Å². The zero-order chi connectivity index (χ0) is 21.3. The Hall–Kier alpha value is -1.65. The van der Waals surface area contributed by atoms with E-state index in [2.05, 4.69) is 33.2 Å². The van der Waals surface area contributed by atoms with Gasteiger partial charge in [0.25, 0.3) is 0 Å². The highest BCUT2D eigenvalue weighted by atomic mass is 16.5. The molecule has 32 heavy (non-hydrogen) atoms. The van der Waals surface area contributed by atoms with Gasteiger partial charge in [-0.3, -0.25) is 4.90 Å². The highest BCUT2D eigenvalue weighted by Crippen LogP contribution is 2.37. The molecule has 3 unspecified atom stereocenters. The fraction of sp³-hybridized carbons (Fsp3) is 0.679. The first kappa shape index (κ1) is 20.9. The van der Waals surface area contributed by atoms with Crippen LogP contribution in [-0.2, 0) is 0 Å². The summed E-state index contributed by atoms with van der Waals surface area (Å²) in [4.78, 5) is 5.58. The van der Waals surface area contributed by atoms with Gasteiger partial charge in [0, 0.05) is 37.5 Å². The van der Waals surface area contributed by atoms with Crippen LogP contribution >= 0.6 is 0 Å². The Bertz CT molecular complexity index is 941. The number of aromatic nitrogens is 1. The zero-order valence-corrected chi connectivity index (χ0v) is 19.6. The summed E-state index contributed by atoms with van der Waals surface area (Å²) in [6.07, 6.45) is 15.0. The molecule has 0 spiro atoms. The van der Waals surface area contributed by atoms with Gasteiger partial charge in [-0.1, -0.05) is 41.8 Å². The summed E-state index contributed by atoms with van der Waals surface area (Å²) in [6, 6.07) is 8.35. The number of piperidine rings is 1. The first-order chi connectivity index (χ1) is 15.8. The van der Waals surface area contributed by atoms with E-state index < -0.39 is 0 Å². The molecule has 0 bridgehead atoms. The van der Waals surface area contributed by atoms with Crippen LogP contribution in [0.15, 0.2) is 40.4 Å². The summed E-state index contributed by atoms with van der Waals surface area (Å²) in [5.41, 5.74) is 3.90. The van der Waals surface area contributed by atoms with Crippen molar-refractivity contribution in [1.82, 2.24) is 15.0 Å². The van der Waals surface area contributed by atoms with Gasteiger partial charge in [0.1, 0.15) is 0 Å². The molecule has 0 amide bonds. The van der Waals surface area contributed by atoms with Crippen LogP contribution in [0.2, 0.25) is 0 Å². The lowest BCUT2D eigenvalue weighted by Gasteiger charge is -2.39. The van der Waals surface area contributed by atoms with Crippen LogP contribution in [0.5, 0.6) is 0 Å². The third-order valence-corrected chi connectivity index (χ3v) is 9.00. The van der Waals surface area contributed by atoms with Crippen LogP contribution in [0, 0.1) is 17.8 Å². The topological polar surface area (TPSA) is 32.5 Å². The van der Waals surface area contributed by atoms with E-state index in [1.165, 1.54) is 108 Å². The van der Waals surface area contributed by atoms with Gasteiger partial charge in [-0.2, -0.15) is 0 Å². The molecule has 4 nitrogen and oxygen atoms in total. The number of fused-ring (bicyclic) bond motifs is 2. The molecule has 1 aromatic carbocycles. The first-order valence-electron chi connectivity index (χ1n) is 13.3. The predicted molar refractivity (Wildman–Crippen MR) is 130 cm³/mol. The van der Waals surface area contributed by atoms with E-state index in [0.29, 0.717) is 5.92 Å². The van der Waals surface area contributed by atoms with Crippen LogP contribution in [0.25, 0.3) is 11.0 Å². The Morgan fingerprint density at radius 2 is 1.62 bits per heavy atom. The molecular weight excluding hydrogens is 394 g/mol. The lowest BCUT2D eigenvalue weighted by molar-refractivity contribution is 0.106. The third kappa shape index (κ3) is 4.28. The summed E-state index contributed by atoms with van der Waals surface area (Å²) in [6.45, 7) is 7.70. The molecule has 1 saturated carbocycles. The van der Waals surface area contributed by atoms with Crippen LogP contribution in [0.3, 0.4) is 0 Å². The second kappa shape index (κ2) is 9.30. The van der Waals surface area contributed by atoms with Gasteiger partial charge in [-0.25, -0.2) is 0 Å². The van der Waals surface area contributed by atoms with Crippen molar-refractivity contribution in [3.05, 3.63) is 41.6 Å². The summed E-state index contributed by atoms with van der Waals surface area (Å²) >= 11 is 0. The maximum atomic E-state index is 5.59. The van der Waals surface area contributed by atoms with E-state index in [-0.39, 0.29) is 0 Å². The van der Waals surface area contributed by atoms with E-state index in [1.807, 2.05) is 12.1 Å². The maximum absolute atomic E-state index is 5.59. The number of likely N-dealkylation sites (tertiary alicyclic amines) is 2. The predicted octanol–water partition coefficient (Wildman–Crippen LogP) is 5.86. The molecule has 2 aromatic rings. The van der Waals surface area contributed by atoms with Crippen molar-refractivity contribution in [2.75, 3.05) is 39.3 Å². The molecule has 3 fully saturated rings. The molecular formula is C28H39N3O. The average Bonchev–Trinajstić information content (AvgIpc) is 3.45. The van der Waals surface area contributed by atoms with Crippen molar-refractivity contribution in [2.45, 2.75) is 63.7 Å². The molecule has 6 rings (SSSR count). The minimum atomic E-state index is 0.554. The minimum absolute atomic E-state index is 0.554. The summed E-state index contributed by atoms with van der Waals surface area (Å²) < 4.78 is 5.59. The minimum Gasteiger partial charge on any atom is -0.356 e. The molecule has 0 N–H and O–H groups in total. The summed E-state index contributed by atoms with van der Waals surface area (Å²) in [5, 5.41) is 5.68. The fourth-order valence-electron chi connectivity index (χ4n) is 7.20. The van der Waals surface area contributed by atoms with Gasteiger partial charge < -0.3 is 9.42 Å². The Morgan fingerprint density at radius 1 is 0.844 bits per heavy atom. The highest BCUT2D eigenvalue weighted by molar-refractivity contribution is 5.79. The van der Waals surface area contributed by atoms with Crippen molar-refractivity contribution >= 4 is 11.0 Å². The highest BCUT2D eigenvalue weighted by Gasteiger charge is 2.34. The Balaban J connectivity index is 1.04. The van der Waals surface area contributed by atoms with Gasteiger partial charge in [0.15, 0.2) is 5.58 Å². The van der Waals surface area contributed by atoms with Gasteiger partial charge in [-0.15, -0.1) is 0 Å². The van der Waals surface area contributed by atoms with Crippen LogP contribution in [-0.4, -0.2) is 54.2 Å². The molecule has 2 saturated heterocycles. The van der Waals surface area contributed by atoms with E-state index in [1.54, 1.807) is 5.57 Å². The van der Waals surface area contributed by atoms with Gasteiger partial charge >= 0.3 is 0 Å². The van der Waals surface area contributed by atoms with Crippen molar-refractivity contribution in [2.24, 2.45) is 17.8 Å². The van der Waals surface area contributed by atoms with Gasteiger partial charge in [0.05, 0.1) is 5.69 Å². The molecule has 0 radical (unpaired) electrons. The zero-order valence-electron chi connectivity index (χ0n) is 19.6. The van der Waals surface area contributed by atoms with E-state index in [0.717, 1.165) is 23.3 Å². The lowest BCUT2D eigenvalue weighted by Crippen LogP contribution is -2.42. The molecule has 3 atom stereocenters. The molecule has 2 aliphatic carbocycles. The molecule has 1 aromatic heterocycles. The molecule has 3 heterocycles. The fourth-order valence-corrected chi connectivity index (χ4v) is 7.20. The van der Waals surface area contributed by atoms with Crippen LogP contribution in [0.1, 0.15) is 69.4 Å². The second-order valence-electron chi connectivity index (χ2n) is 11.0. The van der Waals surface area contributed by atoms with Gasteiger partial charge in [-0.05, 0) is 87.9 Å². The molecule has 4 heteroatoms.